The summed E-state index contributed by atoms with van der Waals surface area (Å²) in [4.78, 5) is 36.3. The Bertz CT molecular complexity index is 788. The maximum atomic E-state index is 12.5. The Morgan fingerprint density at radius 3 is 1.77 bits per heavy atom. The molecule has 2 unspecified atom stereocenters. The Morgan fingerprint density at radius 1 is 0.659 bits per heavy atom. The highest BCUT2D eigenvalue weighted by molar-refractivity contribution is 5.70. The van der Waals surface area contributed by atoms with E-state index < -0.39 is 18.1 Å². The largest absolute Gasteiger partial charge is 0.544 e. The SMILES string of the molecule is CCCCC/C=C/CCC(=O)OC(COCCC(C(=O)[O-])[N+](C)(C)C)COC(=O)CCCCC/C=C/CCCCCCCC. The van der Waals surface area contributed by atoms with E-state index in [4.69, 9.17) is 14.2 Å². The van der Waals surface area contributed by atoms with Crippen LogP contribution in [0.4, 0.5) is 0 Å². The van der Waals surface area contributed by atoms with Crippen molar-refractivity contribution >= 4 is 17.9 Å². The van der Waals surface area contributed by atoms with Crippen LogP contribution in [-0.2, 0) is 28.6 Å². The molecular formula is C36H65NO7. The van der Waals surface area contributed by atoms with Gasteiger partial charge in [-0.25, -0.2) is 0 Å². The molecule has 0 saturated carbocycles. The maximum Gasteiger partial charge on any atom is 0.306 e. The number of carboxylic acids is 1. The molecule has 0 N–H and O–H groups in total. The number of carbonyl (C=O) groups is 3. The van der Waals surface area contributed by atoms with Crippen molar-refractivity contribution in [3.63, 3.8) is 0 Å². The molecule has 0 aromatic carbocycles. The Balaban J connectivity index is 4.47. The lowest BCUT2D eigenvalue weighted by Gasteiger charge is -2.34. The number of quaternary nitrogens is 1. The van der Waals surface area contributed by atoms with Gasteiger partial charge in [-0.15, -0.1) is 0 Å². The van der Waals surface area contributed by atoms with Crippen molar-refractivity contribution in [1.82, 2.24) is 0 Å². The van der Waals surface area contributed by atoms with Crippen LogP contribution in [0.1, 0.15) is 136 Å². The van der Waals surface area contributed by atoms with Crippen LogP contribution < -0.4 is 5.11 Å². The van der Waals surface area contributed by atoms with E-state index in [0.29, 0.717) is 12.8 Å². The fourth-order valence-corrected chi connectivity index (χ4v) is 4.79. The van der Waals surface area contributed by atoms with Crippen LogP contribution >= 0.6 is 0 Å². The molecule has 0 saturated heterocycles. The second kappa shape index (κ2) is 28.3. The average molecular weight is 624 g/mol. The molecule has 0 aliphatic carbocycles. The smallest absolute Gasteiger partial charge is 0.306 e. The average Bonchev–Trinajstić information content (AvgIpc) is 2.96. The van der Waals surface area contributed by atoms with E-state index in [1.165, 1.54) is 51.4 Å². The lowest BCUT2D eigenvalue weighted by atomic mass is 10.1. The van der Waals surface area contributed by atoms with Crippen LogP contribution in [0.5, 0.6) is 0 Å². The highest BCUT2D eigenvalue weighted by Gasteiger charge is 2.25. The number of ether oxygens (including phenoxy) is 3. The van der Waals surface area contributed by atoms with Crippen LogP contribution in [0.25, 0.3) is 0 Å². The zero-order chi connectivity index (χ0) is 32.9. The van der Waals surface area contributed by atoms with E-state index in [0.717, 1.165) is 44.9 Å². The van der Waals surface area contributed by atoms with Crippen molar-refractivity contribution in [2.45, 2.75) is 148 Å². The Morgan fingerprint density at radius 2 is 1.18 bits per heavy atom. The van der Waals surface area contributed by atoms with Crippen molar-refractivity contribution in [2.24, 2.45) is 0 Å². The van der Waals surface area contributed by atoms with Gasteiger partial charge >= 0.3 is 11.9 Å². The van der Waals surface area contributed by atoms with E-state index in [1.807, 2.05) is 6.08 Å². The molecule has 0 heterocycles. The fraction of sp³-hybridized carbons (Fsp3) is 0.806. The molecule has 0 amide bonds. The van der Waals surface area contributed by atoms with Crippen molar-refractivity contribution in [3.05, 3.63) is 24.3 Å². The molecule has 0 radical (unpaired) electrons. The van der Waals surface area contributed by atoms with Gasteiger partial charge in [0.25, 0.3) is 0 Å². The van der Waals surface area contributed by atoms with Gasteiger partial charge in [0.05, 0.1) is 40.3 Å². The molecular weight excluding hydrogens is 558 g/mol. The molecule has 0 bridgehead atoms. The first-order valence-corrected chi connectivity index (χ1v) is 17.4. The highest BCUT2D eigenvalue weighted by Crippen LogP contribution is 2.11. The first-order chi connectivity index (χ1) is 21.1. The zero-order valence-corrected chi connectivity index (χ0v) is 28.8. The first-order valence-electron chi connectivity index (χ1n) is 17.4. The van der Waals surface area contributed by atoms with Crippen LogP contribution in [0.3, 0.4) is 0 Å². The van der Waals surface area contributed by atoms with E-state index in [-0.39, 0.29) is 49.1 Å². The molecule has 0 aliphatic heterocycles. The van der Waals surface area contributed by atoms with Crippen molar-refractivity contribution in [3.8, 4) is 0 Å². The number of carbonyl (C=O) groups excluding carboxylic acids is 3. The Kier molecular flexibility index (Phi) is 26.9. The summed E-state index contributed by atoms with van der Waals surface area (Å²) in [6.07, 6.45) is 26.6. The summed E-state index contributed by atoms with van der Waals surface area (Å²) < 4.78 is 16.9. The van der Waals surface area contributed by atoms with Gasteiger partial charge in [-0.1, -0.05) is 89.5 Å². The molecule has 8 heteroatoms. The second-order valence-corrected chi connectivity index (χ2v) is 12.7. The molecule has 0 spiro atoms. The predicted molar refractivity (Wildman–Crippen MR) is 176 cm³/mol. The number of rotatable bonds is 30. The summed E-state index contributed by atoms with van der Waals surface area (Å²) in [5.41, 5.74) is 0. The number of hydrogen-bond acceptors (Lipinski definition) is 7. The molecule has 0 aromatic rings. The van der Waals surface area contributed by atoms with Crippen LogP contribution in [0, 0.1) is 0 Å². The van der Waals surface area contributed by atoms with Crippen molar-refractivity contribution in [1.29, 1.82) is 0 Å². The standard InChI is InChI=1S/C36H65NO7/c1-6-8-10-12-14-15-16-17-18-19-21-22-24-26-34(38)43-31-32(30-42-29-28-33(36(40)41)37(3,4)5)44-35(39)27-25-23-20-13-11-9-7-2/h17-18,20,23,32-33H,6-16,19,21-22,24-31H2,1-5H3/b18-17+,23-20+. The van der Waals surface area contributed by atoms with E-state index >= 15 is 0 Å². The Labute approximate surface area is 269 Å². The number of esters is 2. The van der Waals surface area contributed by atoms with E-state index in [2.05, 4.69) is 32.1 Å². The van der Waals surface area contributed by atoms with Gasteiger partial charge in [0.1, 0.15) is 12.6 Å². The Hall–Kier alpha value is -2.19. The summed E-state index contributed by atoms with van der Waals surface area (Å²) in [6.45, 7) is 4.50. The molecule has 0 aromatic heterocycles. The second-order valence-electron chi connectivity index (χ2n) is 12.7. The highest BCUT2D eigenvalue weighted by atomic mass is 16.6. The quantitative estimate of drug-likeness (QED) is 0.0373. The molecule has 0 fully saturated rings. The summed E-state index contributed by atoms with van der Waals surface area (Å²) in [7, 11) is 5.37. The lowest BCUT2D eigenvalue weighted by Crippen LogP contribution is -2.55. The third-order valence-corrected chi connectivity index (χ3v) is 7.57. The van der Waals surface area contributed by atoms with E-state index in [9.17, 15) is 19.5 Å². The monoisotopic (exact) mass is 623 g/mol. The number of nitrogens with zero attached hydrogens (tertiary/aromatic N) is 1. The molecule has 256 valence electrons. The molecule has 8 nitrogen and oxygen atoms in total. The summed E-state index contributed by atoms with van der Waals surface area (Å²) >= 11 is 0. The molecule has 0 rings (SSSR count). The molecule has 2 atom stereocenters. The van der Waals surface area contributed by atoms with Gasteiger partial charge < -0.3 is 28.6 Å². The molecule has 0 aliphatic rings. The van der Waals surface area contributed by atoms with Gasteiger partial charge in [-0.2, -0.15) is 0 Å². The minimum absolute atomic E-state index is 0.0217. The van der Waals surface area contributed by atoms with Crippen LogP contribution in [-0.4, -0.2) is 75.5 Å². The molecule has 44 heavy (non-hydrogen) atoms. The van der Waals surface area contributed by atoms with Gasteiger partial charge in [-0.3, -0.25) is 9.59 Å². The van der Waals surface area contributed by atoms with Crippen LogP contribution in [0.2, 0.25) is 0 Å². The van der Waals surface area contributed by atoms with Gasteiger partial charge in [0.15, 0.2) is 6.10 Å². The third kappa shape index (κ3) is 26.2. The van der Waals surface area contributed by atoms with Gasteiger partial charge in [0, 0.05) is 19.3 Å². The minimum atomic E-state index is -1.13. The normalized spacial score (nSPS) is 13.4. The van der Waals surface area contributed by atoms with Crippen molar-refractivity contribution in [2.75, 3.05) is 41.0 Å². The maximum absolute atomic E-state index is 12.5. The summed E-state index contributed by atoms with van der Waals surface area (Å²) in [5.74, 6) is -1.83. The summed E-state index contributed by atoms with van der Waals surface area (Å²) in [6, 6.07) is -0.728. The first kappa shape index (κ1) is 41.8. The van der Waals surface area contributed by atoms with Crippen LogP contribution in [0.15, 0.2) is 24.3 Å². The minimum Gasteiger partial charge on any atom is -0.544 e. The van der Waals surface area contributed by atoms with Crippen molar-refractivity contribution < 1.29 is 38.2 Å². The predicted octanol–water partition coefficient (Wildman–Crippen LogP) is 6.85. The number of hydrogen-bond donors (Lipinski definition) is 0. The van der Waals surface area contributed by atoms with Gasteiger partial charge in [0.2, 0.25) is 0 Å². The number of allylic oxidation sites excluding steroid dienone is 4. The number of carboxylic acid groups (broad SMARTS) is 1. The number of unbranched alkanes of at least 4 members (excludes halogenated alkanes) is 12. The lowest BCUT2D eigenvalue weighted by molar-refractivity contribution is -0.889. The summed E-state index contributed by atoms with van der Waals surface area (Å²) in [5, 5.41) is 11.5. The third-order valence-electron chi connectivity index (χ3n) is 7.57. The van der Waals surface area contributed by atoms with Gasteiger partial charge in [-0.05, 0) is 51.4 Å². The van der Waals surface area contributed by atoms with E-state index in [1.54, 1.807) is 21.1 Å². The number of likely N-dealkylation sites (N-methyl/N-ethyl adjacent to an activating group) is 1. The number of aliphatic carboxylic acids is 1. The zero-order valence-electron chi connectivity index (χ0n) is 28.8. The topological polar surface area (TPSA) is 102 Å². The fourth-order valence-electron chi connectivity index (χ4n) is 4.79.